The first-order valence-electron chi connectivity index (χ1n) is 8.47. The summed E-state index contributed by atoms with van der Waals surface area (Å²) in [4.78, 5) is 12.3. The predicted octanol–water partition coefficient (Wildman–Crippen LogP) is 2.92. The molecule has 1 N–H and O–H groups in total. The lowest BCUT2D eigenvalue weighted by atomic mass is 10.1. The molecule has 1 aliphatic rings. The van der Waals surface area contributed by atoms with E-state index >= 15 is 0 Å². The summed E-state index contributed by atoms with van der Waals surface area (Å²) in [5, 5.41) is 2.94. The lowest BCUT2D eigenvalue weighted by molar-refractivity contribution is 0.0857. The van der Waals surface area contributed by atoms with Gasteiger partial charge in [-0.3, -0.25) is 4.79 Å². The second kappa shape index (κ2) is 9.53. The van der Waals surface area contributed by atoms with E-state index in [1.54, 1.807) is 6.07 Å². The van der Waals surface area contributed by atoms with Crippen LogP contribution in [0.3, 0.4) is 0 Å². The molecule has 0 aromatic heterocycles. The number of hydrogen-bond acceptors (Lipinski definition) is 4. The van der Waals surface area contributed by atoms with Gasteiger partial charge in [-0.15, -0.1) is 0 Å². The van der Waals surface area contributed by atoms with Crippen molar-refractivity contribution in [3.8, 4) is 5.75 Å². The third-order valence-electron chi connectivity index (χ3n) is 3.74. The number of carbonyl (C=O) groups is 1. The molecule has 23 heavy (non-hydrogen) atoms. The standard InChI is InChI=1S/C18H27NO4/c1-3-9-21-13-15-11-14(7-8-17(15)22-4-2)18(20)19-12-16-6-5-10-23-16/h7-8,11,16H,3-6,9-10,12-13H2,1-2H3,(H,19,20)/t16-/m1/s1. The molecular formula is C18H27NO4. The fourth-order valence-corrected chi connectivity index (χ4v) is 2.57. The van der Waals surface area contributed by atoms with Crippen LogP contribution in [0, 0.1) is 0 Å². The number of nitrogens with one attached hydrogen (secondary N) is 1. The molecule has 0 unspecified atom stereocenters. The van der Waals surface area contributed by atoms with Crippen molar-refractivity contribution in [2.75, 3.05) is 26.4 Å². The van der Waals surface area contributed by atoms with Crippen LogP contribution in [-0.2, 0) is 16.1 Å². The molecule has 0 radical (unpaired) electrons. The molecule has 5 heteroatoms. The third kappa shape index (κ3) is 5.52. The Labute approximate surface area is 138 Å². The Hall–Kier alpha value is -1.59. The summed E-state index contributed by atoms with van der Waals surface area (Å²) in [7, 11) is 0. The second-order valence-corrected chi connectivity index (χ2v) is 5.65. The summed E-state index contributed by atoms with van der Waals surface area (Å²) in [6, 6.07) is 5.49. The van der Waals surface area contributed by atoms with Gasteiger partial charge < -0.3 is 19.5 Å². The molecule has 0 spiro atoms. The number of ether oxygens (including phenoxy) is 3. The van der Waals surface area contributed by atoms with Gasteiger partial charge in [0.15, 0.2) is 0 Å². The molecule has 5 nitrogen and oxygen atoms in total. The first kappa shape index (κ1) is 17.8. The van der Waals surface area contributed by atoms with E-state index in [9.17, 15) is 4.79 Å². The molecule has 1 atom stereocenters. The SMILES string of the molecule is CCCOCc1cc(C(=O)NC[C@H]2CCCO2)ccc1OCC. The van der Waals surface area contributed by atoms with Crippen LogP contribution in [0.25, 0.3) is 0 Å². The lowest BCUT2D eigenvalue weighted by Crippen LogP contribution is -2.31. The quantitative estimate of drug-likeness (QED) is 0.711. The van der Waals surface area contributed by atoms with Gasteiger partial charge in [-0.1, -0.05) is 6.92 Å². The van der Waals surface area contributed by atoms with E-state index < -0.39 is 0 Å². The van der Waals surface area contributed by atoms with Crippen molar-refractivity contribution in [1.82, 2.24) is 5.32 Å². The normalized spacial score (nSPS) is 17.2. The smallest absolute Gasteiger partial charge is 0.251 e. The van der Waals surface area contributed by atoms with Gasteiger partial charge in [0, 0.05) is 30.9 Å². The third-order valence-corrected chi connectivity index (χ3v) is 3.74. The first-order valence-corrected chi connectivity index (χ1v) is 8.47. The molecule has 0 bridgehead atoms. The number of carbonyl (C=O) groups excluding carboxylic acids is 1. The van der Waals surface area contributed by atoms with Crippen LogP contribution in [0.1, 0.15) is 49.0 Å². The largest absolute Gasteiger partial charge is 0.494 e. The highest BCUT2D eigenvalue weighted by Gasteiger charge is 2.17. The Morgan fingerprint density at radius 1 is 1.39 bits per heavy atom. The molecule has 0 aliphatic carbocycles. The zero-order valence-electron chi connectivity index (χ0n) is 14.1. The van der Waals surface area contributed by atoms with E-state index in [0.29, 0.717) is 31.9 Å². The Morgan fingerprint density at radius 3 is 2.96 bits per heavy atom. The van der Waals surface area contributed by atoms with E-state index in [1.165, 1.54) is 0 Å². The van der Waals surface area contributed by atoms with Gasteiger partial charge in [0.25, 0.3) is 5.91 Å². The monoisotopic (exact) mass is 321 g/mol. The van der Waals surface area contributed by atoms with E-state index in [2.05, 4.69) is 12.2 Å². The minimum Gasteiger partial charge on any atom is -0.494 e. The van der Waals surface area contributed by atoms with Gasteiger partial charge in [-0.05, 0) is 44.4 Å². The fourth-order valence-electron chi connectivity index (χ4n) is 2.57. The molecule has 128 valence electrons. The molecular weight excluding hydrogens is 294 g/mol. The highest BCUT2D eigenvalue weighted by Crippen LogP contribution is 2.21. The molecule has 1 aliphatic heterocycles. The van der Waals surface area contributed by atoms with Crippen molar-refractivity contribution < 1.29 is 19.0 Å². The van der Waals surface area contributed by atoms with Crippen molar-refractivity contribution in [3.63, 3.8) is 0 Å². The summed E-state index contributed by atoms with van der Waals surface area (Å²) in [6.45, 7) is 7.11. The fraction of sp³-hybridized carbons (Fsp3) is 0.611. The van der Waals surface area contributed by atoms with Crippen LogP contribution < -0.4 is 10.1 Å². The summed E-state index contributed by atoms with van der Waals surface area (Å²) >= 11 is 0. The molecule has 0 saturated carbocycles. The highest BCUT2D eigenvalue weighted by atomic mass is 16.5. The maximum absolute atomic E-state index is 12.3. The van der Waals surface area contributed by atoms with Crippen LogP contribution in [0.5, 0.6) is 5.75 Å². The summed E-state index contributed by atoms with van der Waals surface area (Å²) in [5.74, 6) is 0.694. The second-order valence-electron chi connectivity index (χ2n) is 5.65. The zero-order valence-corrected chi connectivity index (χ0v) is 14.1. The van der Waals surface area contributed by atoms with Gasteiger partial charge >= 0.3 is 0 Å². The van der Waals surface area contributed by atoms with Crippen LogP contribution in [0.4, 0.5) is 0 Å². The van der Waals surface area contributed by atoms with Crippen LogP contribution >= 0.6 is 0 Å². The number of hydrogen-bond donors (Lipinski definition) is 1. The highest BCUT2D eigenvalue weighted by molar-refractivity contribution is 5.94. The Morgan fingerprint density at radius 2 is 2.26 bits per heavy atom. The van der Waals surface area contributed by atoms with E-state index in [0.717, 1.165) is 37.2 Å². The molecule has 1 fully saturated rings. The first-order chi connectivity index (χ1) is 11.2. The van der Waals surface area contributed by atoms with Crippen LogP contribution in [0.2, 0.25) is 0 Å². The van der Waals surface area contributed by atoms with Crippen LogP contribution in [-0.4, -0.2) is 38.4 Å². The maximum Gasteiger partial charge on any atom is 0.251 e. The molecule has 2 rings (SSSR count). The van der Waals surface area contributed by atoms with Gasteiger partial charge in [0.2, 0.25) is 0 Å². The van der Waals surface area contributed by atoms with Gasteiger partial charge in [0.05, 0.1) is 19.3 Å². The minimum atomic E-state index is -0.0831. The van der Waals surface area contributed by atoms with Crippen molar-refractivity contribution >= 4 is 5.91 Å². The molecule has 1 saturated heterocycles. The van der Waals surface area contributed by atoms with Crippen molar-refractivity contribution in [2.45, 2.75) is 45.8 Å². The molecule has 1 heterocycles. The lowest BCUT2D eigenvalue weighted by Gasteiger charge is -2.14. The van der Waals surface area contributed by atoms with Crippen molar-refractivity contribution in [1.29, 1.82) is 0 Å². The molecule has 1 aromatic carbocycles. The zero-order chi connectivity index (χ0) is 16.5. The minimum absolute atomic E-state index is 0.0831. The Kier molecular flexibility index (Phi) is 7.36. The van der Waals surface area contributed by atoms with Gasteiger partial charge in [0.1, 0.15) is 5.75 Å². The number of amides is 1. The van der Waals surface area contributed by atoms with Gasteiger partial charge in [-0.2, -0.15) is 0 Å². The van der Waals surface area contributed by atoms with Crippen molar-refractivity contribution in [2.24, 2.45) is 0 Å². The topological polar surface area (TPSA) is 56.8 Å². The van der Waals surface area contributed by atoms with Gasteiger partial charge in [-0.25, -0.2) is 0 Å². The van der Waals surface area contributed by atoms with Crippen LogP contribution in [0.15, 0.2) is 18.2 Å². The Bertz CT molecular complexity index is 498. The summed E-state index contributed by atoms with van der Waals surface area (Å²) in [6.07, 6.45) is 3.20. The average molecular weight is 321 g/mol. The Balaban J connectivity index is 1.98. The molecule has 1 amide bonds. The average Bonchev–Trinajstić information content (AvgIpc) is 3.08. The molecule has 1 aromatic rings. The van der Waals surface area contributed by atoms with E-state index in [-0.39, 0.29) is 12.0 Å². The van der Waals surface area contributed by atoms with E-state index in [1.807, 2.05) is 19.1 Å². The maximum atomic E-state index is 12.3. The summed E-state index contributed by atoms with van der Waals surface area (Å²) in [5.41, 5.74) is 1.53. The number of rotatable bonds is 9. The van der Waals surface area contributed by atoms with E-state index in [4.69, 9.17) is 14.2 Å². The van der Waals surface area contributed by atoms with Crippen molar-refractivity contribution in [3.05, 3.63) is 29.3 Å². The number of benzene rings is 1. The predicted molar refractivity (Wildman–Crippen MR) is 88.9 cm³/mol. The summed E-state index contributed by atoms with van der Waals surface area (Å²) < 4.78 is 16.7.